The van der Waals surface area contributed by atoms with Crippen LogP contribution < -0.4 is 21.3 Å². The SMILES string of the molecule is CNC(CC(=O)O)C(=O)NC(CC(=O)NCC(O)C(=O)O)C(=O)NC(CSC)C(=O)O. The molecule has 0 aliphatic carbocycles. The van der Waals surface area contributed by atoms with E-state index in [4.69, 9.17) is 15.3 Å². The molecule has 0 saturated heterocycles. The van der Waals surface area contributed by atoms with Gasteiger partial charge in [-0.2, -0.15) is 11.8 Å². The molecule has 0 heterocycles. The van der Waals surface area contributed by atoms with Crippen LogP contribution in [0.1, 0.15) is 12.8 Å². The molecule has 8 N–H and O–H groups in total. The highest BCUT2D eigenvalue weighted by molar-refractivity contribution is 7.98. The molecule has 0 rings (SSSR count). The van der Waals surface area contributed by atoms with E-state index in [9.17, 15) is 33.9 Å². The third-order valence-electron chi connectivity index (χ3n) is 3.79. The number of amides is 3. The summed E-state index contributed by atoms with van der Waals surface area (Å²) in [5, 5.41) is 44.7. The van der Waals surface area contributed by atoms with E-state index in [0.717, 1.165) is 11.8 Å². The minimum Gasteiger partial charge on any atom is -0.481 e. The molecule has 4 unspecified atom stereocenters. The van der Waals surface area contributed by atoms with Crippen LogP contribution in [0.3, 0.4) is 0 Å². The van der Waals surface area contributed by atoms with Crippen molar-refractivity contribution in [2.75, 3.05) is 25.6 Å². The molecule has 3 amide bonds. The van der Waals surface area contributed by atoms with Crippen LogP contribution in [0, 0.1) is 0 Å². The molecule has 0 bridgehead atoms. The lowest BCUT2D eigenvalue weighted by Gasteiger charge is -2.23. The predicted octanol–water partition coefficient (Wildman–Crippen LogP) is -3.58. The van der Waals surface area contributed by atoms with Gasteiger partial charge in [-0.25, -0.2) is 9.59 Å². The Hall–Kier alpha value is -2.91. The zero-order valence-electron chi connectivity index (χ0n) is 16.8. The van der Waals surface area contributed by atoms with Crippen LogP contribution in [0.25, 0.3) is 0 Å². The molecule has 0 radical (unpaired) electrons. The molecule has 176 valence electrons. The van der Waals surface area contributed by atoms with Gasteiger partial charge in [-0.1, -0.05) is 0 Å². The normalized spacial score (nSPS) is 14.4. The molecule has 15 heteroatoms. The molecule has 0 fully saturated rings. The Labute approximate surface area is 181 Å². The van der Waals surface area contributed by atoms with Gasteiger partial charge in [-0.05, 0) is 13.3 Å². The average molecular weight is 466 g/mol. The average Bonchev–Trinajstić information content (AvgIpc) is 2.68. The summed E-state index contributed by atoms with van der Waals surface area (Å²) >= 11 is 1.13. The Morgan fingerprint density at radius 3 is 1.84 bits per heavy atom. The van der Waals surface area contributed by atoms with Crippen LogP contribution in [0.5, 0.6) is 0 Å². The van der Waals surface area contributed by atoms with E-state index in [2.05, 4.69) is 21.3 Å². The lowest BCUT2D eigenvalue weighted by atomic mass is 10.1. The molecular weight excluding hydrogens is 440 g/mol. The second-order valence-electron chi connectivity index (χ2n) is 6.22. The lowest BCUT2D eigenvalue weighted by molar-refractivity contribution is -0.146. The number of rotatable bonds is 15. The summed E-state index contributed by atoms with van der Waals surface area (Å²) in [6.45, 7) is -0.668. The fraction of sp³-hybridized carbons (Fsp3) is 0.625. The third kappa shape index (κ3) is 11.2. The molecule has 14 nitrogen and oxygen atoms in total. The van der Waals surface area contributed by atoms with E-state index < -0.39 is 79.2 Å². The van der Waals surface area contributed by atoms with Crippen molar-refractivity contribution in [3.63, 3.8) is 0 Å². The Bertz CT molecular complexity index is 689. The van der Waals surface area contributed by atoms with Gasteiger partial charge in [0.2, 0.25) is 17.7 Å². The molecule has 0 aromatic heterocycles. The highest BCUT2D eigenvalue weighted by atomic mass is 32.2. The van der Waals surface area contributed by atoms with Gasteiger partial charge in [-0.3, -0.25) is 19.2 Å². The van der Waals surface area contributed by atoms with Crippen molar-refractivity contribution in [1.82, 2.24) is 21.3 Å². The number of nitrogens with one attached hydrogen (secondary N) is 4. The van der Waals surface area contributed by atoms with E-state index in [1.807, 2.05) is 0 Å². The summed E-state index contributed by atoms with van der Waals surface area (Å²) in [7, 11) is 1.31. The molecule has 31 heavy (non-hydrogen) atoms. The number of aliphatic hydroxyl groups excluding tert-OH is 1. The zero-order valence-corrected chi connectivity index (χ0v) is 17.6. The number of aliphatic hydroxyl groups is 1. The largest absolute Gasteiger partial charge is 0.481 e. The Morgan fingerprint density at radius 2 is 1.39 bits per heavy atom. The summed E-state index contributed by atoms with van der Waals surface area (Å²) in [6.07, 6.45) is -1.64. The van der Waals surface area contributed by atoms with E-state index >= 15 is 0 Å². The standard InChI is InChI=1S/C16H26N4O10S/c1-17-7(4-12(23)24)13(25)19-8(3-11(22)18-5-10(21)16(29)30)14(26)20-9(6-31-2)15(27)28/h7-10,17,21H,3-6H2,1-2H3,(H,18,22)(H,19,25)(H,20,26)(H,23,24)(H,27,28)(H,29,30). The number of likely N-dealkylation sites (N-methyl/N-ethyl adjacent to an activating group) is 1. The molecule has 4 atom stereocenters. The molecule has 0 aromatic rings. The minimum atomic E-state index is -1.90. The summed E-state index contributed by atoms with van der Waals surface area (Å²) in [5.74, 6) is -7.11. The molecule has 0 aliphatic heterocycles. The topological polar surface area (TPSA) is 231 Å². The van der Waals surface area contributed by atoms with Gasteiger partial charge < -0.3 is 41.7 Å². The summed E-state index contributed by atoms with van der Waals surface area (Å²) < 4.78 is 0. The first-order valence-corrected chi connectivity index (χ1v) is 10.2. The number of aliphatic carboxylic acids is 3. The van der Waals surface area contributed by atoms with E-state index in [-0.39, 0.29) is 5.75 Å². The van der Waals surface area contributed by atoms with Gasteiger partial charge in [0.25, 0.3) is 0 Å². The van der Waals surface area contributed by atoms with Gasteiger partial charge in [-0.15, -0.1) is 0 Å². The van der Waals surface area contributed by atoms with Crippen molar-refractivity contribution < 1.29 is 49.2 Å². The number of carboxylic acid groups (broad SMARTS) is 3. The summed E-state index contributed by atoms with van der Waals surface area (Å²) in [4.78, 5) is 69.6. The smallest absolute Gasteiger partial charge is 0.334 e. The van der Waals surface area contributed by atoms with Crippen molar-refractivity contribution in [1.29, 1.82) is 0 Å². The Morgan fingerprint density at radius 1 is 0.839 bits per heavy atom. The van der Waals surface area contributed by atoms with Gasteiger partial charge in [0.05, 0.1) is 25.4 Å². The third-order valence-corrected chi connectivity index (χ3v) is 4.46. The first kappa shape index (κ1) is 28.1. The number of carbonyl (C=O) groups is 6. The van der Waals surface area contributed by atoms with Crippen LogP contribution in [0.15, 0.2) is 0 Å². The van der Waals surface area contributed by atoms with Crippen LogP contribution >= 0.6 is 11.8 Å². The summed E-state index contributed by atoms with van der Waals surface area (Å²) in [6, 6.07) is -4.16. The monoisotopic (exact) mass is 466 g/mol. The quantitative estimate of drug-likeness (QED) is 0.117. The van der Waals surface area contributed by atoms with Gasteiger partial charge >= 0.3 is 17.9 Å². The van der Waals surface area contributed by atoms with Crippen LogP contribution in [-0.2, 0) is 28.8 Å². The van der Waals surface area contributed by atoms with Crippen molar-refractivity contribution in [3.8, 4) is 0 Å². The minimum absolute atomic E-state index is 0.00308. The first-order chi connectivity index (χ1) is 14.4. The number of carbonyl (C=O) groups excluding carboxylic acids is 3. The van der Waals surface area contributed by atoms with Crippen LogP contribution in [0.4, 0.5) is 0 Å². The van der Waals surface area contributed by atoms with E-state index in [0.29, 0.717) is 0 Å². The number of hydrogen-bond acceptors (Lipinski definition) is 9. The number of hydrogen-bond donors (Lipinski definition) is 8. The number of thioether (sulfide) groups is 1. The molecule has 0 aromatic carbocycles. The predicted molar refractivity (Wildman–Crippen MR) is 106 cm³/mol. The maximum absolute atomic E-state index is 12.5. The fourth-order valence-electron chi connectivity index (χ4n) is 2.15. The lowest BCUT2D eigenvalue weighted by Crippen LogP contribution is -2.56. The molecular formula is C16H26N4O10S. The number of carboxylic acids is 3. The van der Waals surface area contributed by atoms with Crippen molar-refractivity contribution in [2.24, 2.45) is 0 Å². The van der Waals surface area contributed by atoms with Crippen LogP contribution in [-0.4, -0.2) is 106 Å². The van der Waals surface area contributed by atoms with Crippen molar-refractivity contribution in [2.45, 2.75) is 37.1 Å². The fourth-order valence-corrected chi connectivity index (χ4v) is 2.71. The second kappa shape index (κ2) is 14.2. The molecule has 0 aliphatic rings. The maximum Gasteiger partial charge on any atom is 0.334 e. The van der Waals surface area contributed by atoms with E-state index in [1.54, 1.807) is 6.26 Å². The van der Waals surface area contributed by atoms with Gasteiger partial charge in [0.15, 0.2) is 6.10 Å². The van der Waals surface area contributed by atoms with Crippen LogP contribution in [0.2, 0.25) is 0 Å². The Balaban J connectivity index is 5.39. The van der Waals surface area contributed by atoms with E-state index in [1.165, 1.54) is 7.05 Å². The highest BCUT2D eigenvalue weighted by Gasteiger charge is 2.31. The van der Waals surface area contributed by atoms with Gasteiger partial charge in [0, 0.05) is 5.75 Å². The van der Waals surface area contributed by atoms with Crippen molar-refractivity contribution in [3.05, 3.63) is 0 Å². The second-order valence-corrected chi connectivity index (χ2v) is 7.13. The van der Waals surface area contributed by atoms with Crippen molar-refractivity contribution >= 4 is 47.4 Å². The maximum atomic E-state index is 12.5. The summed E-state index contributed by atoms with van der Waals surface area (Å²) in [5.41, 5.74) is 0. The first-order valence-electron chi connectivity index (χ1n) is 8.82. The Kier molecular flexibility index (Phi) is 12.8. The molecule has 0 spiro atoms. The van der Waals surface area contributed by atoms with Gasteiger partial charge in [0.1, 0.15) is 12.1 Å². The zero-order chi connectivity index (χ0) is 24.1. The highest BCUT2D eigenvalue weighted by Crippen LogP contribution is 2.02. The molecule has 0 saturated carbocycles.